The average molecular weight is 283 g/mol. The Morgan fingerprint density at radius 1 is 1.47 bits per heavy atom. The van der Waals surface area contributed by atoms with E-state index >= 15 is 0 Å². The van der Waals surface area contributed by atoms with Gasteiger partial charge in [0, 0.05) is 18.3 Å². The second kappa shape index (κ2) is 7.17. The van der Waals surface area contributed by atoms with Crippen molar-refractivity contribution < 1.29 is 0 Å². The third-order valence-electron chi connectivity index (χ3n) is 3.42. The van der Waals surface area contributed by atoms with Crippen molar-refractivity contribution in [1.29, 1.82) is 0 Å². The lowest BCUT2D eigenvalue weighted by molar-refractivity contribution is 0.236. The van der Waals surface area contributed by atoms with Crippen LogP contribution in [0.4, 0.5) is 0 Å². The number of hydrogen-bond donors (Lipinski definition) is 1. The van der Waals surface area contributed by atoms with Crippen LogP contribution in [0.5, 0.6) is 0 Å². The van der Waals surface area contributed by atoms with E-state index in [4.69, 9.17) is 11.6 Å². The van der Waals surface area contributed by atoms with Gasteiger partial charge < -0.3 is 5.32 Å². The summed E-state index contributed by atoms with van der Waals surface area (Å²) >= 11 is 6.00. The number of halogens is 1. The zero-order valence-corrected chi connectivity index (χ0v) is 12.6. The Kier molecular flexibility index (Phi) is 5.55. The first kappa shape index (κ1) is 14.7. The molecule has 4 nitrogen and oxygen atoms in total. The number of nitrogens with zero attached hydrogens (tertiary/aromatic N) is 3. The third-order valence-corrected chi connectivity index (χ3v) is 3.61. The molecule has 1 unspecified atom stereocenters. The van der Waals surface area contributed by atoms with Crippen LogP contribution < -0.4 is 5.32 Å². The predicted molar refractivity (Wildman–Crippen MR) is 78.4 cm³/mol. The largest absolute Gasteiger partial charge is 0.313 e. The van der Waals surface area contributed by atoms with Gasteiger partial charge in [-0.2, -0.15) is 0 Å². The Bertz CT molecular complexity index is 384. The van der Waals surface area contributed by atoms with Crippen LogP contribution in [0.1, 0.15) is 37.7 Å². The van der Waals surface area contributed by atoms with Crippen molar-refractivity contribution in [3.05, 3.63) is 22.7 Å². The number of aryl methyl sites for hydroxylation is 1. The molecule has 1 aromatic heterocycles. The van der Waals surface area contributed by atoms with Gasteiger partial charge in [0.1, 0.15) is 11.0 Å². The first-order valence-corrected chi connectivity index (χ1v) is 7.51. The zero-order valence-electron chi connectivity index (χ0n) is 11.8. The maximum atomic E-state index is 6.00. The molecule has 2 heterocycles. The van der Waals surface area contributed by atoms with Crippen LogP contribution in [0, 0.1) is 6.92 Å². The molecule has 1 N–H and O–H groups in total. The molecule has 1 aromatic rings. The summed E-state index contributed by atoms with van der Waals surface area (Å²) in [4.78, 5) is 11.2. The number of rotatable bonds is 6. The topological polar surface area (TPSA) is 41.1 Å². The van der Waals surface area contributed by atoms with Crippen molar-refractivity contribution in [3.8, 4) is 0 Å². The van der Waals surface area contributed by atoms with E-state index in [-0.39, 0.29) is 0 Å². The lowest BCUT2D eigenvalue weighted by Gasteiger charge is -2.24. The van der Waals surface area contributed by atoms with E-state index in [0.29, 0.717) is 11.2 Å². The van der Waals surface area contributed by atoms with Gasteiger partial charge >= 0.3 is 0 Å². The molecule has 1 fully saturated rings. The number of aromatic nitrogens is 2. The van der Waals surface area contributed by atoms with E-state index in [1.54, 1.807) is 6.07 Å². The highest BCUT2D eigenvalue weighted by atomic mass is 35.5. The molecule has 2 rings (SSSR count). The molecule has 106 valence electrons. The van der Waals surface area contributed by atoms with Crippen molar-refractivity contribution in [2.45, 2.75) is 45.7 Å². The Morgan fingerprint density at radius 2 is 2.32 bits per heavy atom. The van der Waals surface area contributed by atoms with E-state index in [0.717, 1.165) is 44.1 Å². The first-order chi connectivity index (χ1) is 9.17. The van der Waals surface area contributed by atoms with E-state index in [1.807, 2.05) is 6.92 Å². The molecule has 1 aliphatic rings. The molecule has 1 aliphatic heterocycles. The monoisotopic (exact) mass is 282 g/mol. The molecule has 0 saturated carbocycles. The van der Waals surface area contributed by atoms with E-state index in [9.17, 15) is 0 Å². The van der Waals surface area contributed by atoms with Crippen LogP contribution in [-0.2, 0) is 6.54 Å². The smallest absolute Gasteiger partial charge is 0.144 e. The summed E-state index contributed by atoms with van der Waals surface area (Å²) in [6, 6.07) is 2.42. The lowest BCUT2D eigenvalue weighted by atomic mass is 10.2. The van der Waals surface area contributed by atoms with Gasteiger partial charge in [-0.3, -0.25) is 4.90 Å². The molecule has 0 aromatic carbocycles. The Balaban J connectivity index is 1.98. The third kappa shape index (κ3) is 4.71. The number of nitrogens with one attached hydrogen (secondary N) is 1. The van der Waals surface area contributed by atoms with E-state index in [2.05, 4.69) is 27.1 Å². The van der Waals surface area contributed by atoms with Gasteiger partial charge in [-0.25, -0.2) is 9.97 Å². The highest BCUT2D eigenvalue weighted by Gasteiger charge is 2.18. The fourth-order valence-corrected chi connectivity index (χ4v) is 2.89. The summed E-state index contributed by atoms with van der Waals surface area (Å²) in [6.45, 7) is 8.25. The van der Waals surface area contributed by atoms with Crippen molar-refractivity contribution in [1.82, 2.24) is 20.2 Å². The Labute approximate surface area is 120 Å². The standard InChI is InChI=1S/C14H23ClN4/c1-3-7-19(9-12-5-4-6-16-12)10-14-17-11(2)8-13(15)18-14/h8,12,16H,3-7,9-10H2,1-2H3. The molecule has 0 spiro atoms. The Hall–Kier alpha value is -0.710. The summed E-state index contributed by atoms with van der Waals surface area (Å²) in [6.07, 6.45) is 3.71. The van der Waals surface area contributed by atoms with Crippen molar-refractivity contribution >= 4 is 11.6 Å². The van der Waals surface area contributed by atoms with Crippen LogP contribution in [0.25, 0.3) is 0 Å². The van der Waals surface area contributed by atoms with Gasteiger partial charge in [-0.1, -0.05) is 18.5 Å². The molecule has 0 radical (unpaired) electrons. The molecule has 1 atom stereocenters. The minimum absolute atomic E-state index is 0.540. The van der Waals surface area contributed by atoms with Crippen molar-refractivity contribution in [3.63, 3.8) is 0 Å². The van der Waals surface area contributed by atoms with Gasteiger partial charge in [-0.05, 0) is 45.3 Å². The molecule has 1 saturated heterocycles. The molecule has 0 bridgehead atoms. The highest BCUT2D eigenvalue weighted by Crippen LogP contribution is 2.11. The van der Waals surface area contributed by atoms with Crippen LogP contribution in [0.2, 0.25) is 5.15 Å². The zero-order chi connectivity index (χ0) is 13.7. The molecule has 0 amide bonds. The lowest BCUT2D eigenvalue weighted by Crippen LogP contribution is -2.38. The highest BCUT2D eigenvalue weighted by molar-refractivity contribution is 6.29. The van der Waals surface area contributed by atoms with Gasteiger partial charge in [0.15, 0.2) is 0 Å². The number of hydrogen-bond acceptors (Lipinski definition) is 4. The van der Waals surface area contributed by atoms with Crippen molar-refractivity contribution in [2.24, 2.45) is 0 Å². The van der Waals surface area contributed by atoms with Crippen LogP contribution in [-0.4, -0.2) is 40.5 Å². The summed E-state index contributed by atoms with van der Waals surface area (Å²) in [5.74, 6) is 0.830. The van der Waals surface area contributed by atoms with Crippen LogP contribution in [0.15, 0.2) is 6.07 Å². The van der Waals surface area contributed by atoms with Gasteiger partial charge in [0.05, 0.1) is 6.54 Å². The quantitative estimate of drug-likeness (QED) is 0.814. The summed E-state index contributed by atoms with van der Waals surface area (Å²) in [5.41, 5.74) is 0.936. The SMILES string of the molecule is CCCN(Cc1nc(C)cc(Cl)n1)CC1CCCN1. The fourth-order valence-electron chi connectivity index (χ4n) is 2.63. The second-order valence-electron chi connectivity index (χ2n) is 5.28. The predicted octanol–water partition coefficient (Wildman–Crippen LogP) is 2.40. The van der Waals surface area contributed by atoms with Crippen LogP contribution >= 0.6 is 11.6 Å². The molecular formula is C14H23ClN4. The van der Waals surface area contributed by atoms with Gasteiger partial charge in [0.25, 0.3) is 0 Å². The molecule has 5 heteroatoms. The van der Waals surface area contributed by atoms with E-state index < -0.39 is 0 Å². The minimum atomic E-state index is 0.540. The maximum absolute atomic E-state index is 6.00. The van der Waals surface area contributed by atoms with Gasteiger partial charge in [0.2, 0.25) is 0 Å². The molecular weight excluding hydrogens is 260 g/mol. The maximum Gasteiger partial charge on any atom is 0.144 e. The summed E-state index contributed by atoms with van der Waals surface area (Å²) in [5, 5.41) is 4.09. The summed E-state index contributed by atoms with van der Waals surface area (Å²) < 4.78 is 0. The Morgan fingerprint density at radius 3 is 2.95 bits per heavy atom. The van der Waals surface area contributed by atoms with Gasteiger partial charge in [-0.15, -0.1) is 0 Å². The second-order valence-corrected chi connectivity index (χ2v) is 5.66. The molecule has 19 heavy (non-hydrogen) atoms. The molecule has 0 aliphatic carbocycles. The normalized spacial score (nSPS) is 19.3. The van der Waals surface area contributed by atoms with Crippen LogP contribution in [0.3, 0.4) is 0 Å². The fraction of sp³-hybridized carbons (Fsp3) is 0.714. The van der Waals surface area contributed by atoms with E-state index in [1.165, 1.54) is 12.8 Å². The first-order valence-electron chi connectivity index (χ1n) is 7.13. The average Bonchev–Trinajstić information content (AvgIpc) is 2.80. The van der Waals surface area contributed by atoms with Crippen molar-refractivity contribution in [2.75, 3.05) is 19.6 Å². The summed E-state index contributed by atoms with van der Waals surface area (Å²) in [7, 11) is 0. The minimum Gasteiger partial charge on any atom is -0.313 e.